The molecule has 2 aromatic rings. The summed E-state index contributed by atoms with van der Waals surface area (Å²) in [7, 11) is 0. The third kappa shape index (κ3) is 2.72. The summed E-state index contributed by atoms with van der Waals surface area (Å²) in [6.45, 7) is 0. The van der Waals surface area contributed by atoms with Gasteiger partial charge in [-0.3, -0.25) is 9.59 Å². The van der Waals surface area contributed by atoms with Crippen molar-refractivity contribution in [2.75, 3.05) is 5.32 Å². The topological polar surface area (TPSA) is 66.4 Å². The summed E-state index contributed by atoms with van der Waals surface area (Å²) in [5.74, 6) is -1.17. The fourth-order valence-electron chi connectivity index (χ4n) is 2.57. The molecule has 1 heterocycles. The van der Waals surface area contributed by atoms with Gasteiger partial charge in [-0.2, -0.15) is 0 Å². The molecule has 0 bridgehead atoms. The predicted molar refractivity (Wildman–Crippen MR) is 89.4 cm³/mol. The van der Waals surface area contributed by atoms with Crippen LogP contribution in [0.25, 0.3) is 0 Å². The lowest BCUT2D eigenvalue weighted by molar-refractivity contribution is -0.133. The van der Waals surface area contributed by atoms with Crippen LogP contribution in [0.1, 0.15) is 22.3 Å². The first-order chi connectivity index (χ1) is 10.8. The molecule has 0 radical (unpaired) electrons. The number of hydrogen-bond donors (Lipinski definition) is 2. The molecule has 0 fully saturated rings. The van der Waals surface area contributed by atoms with Gasteiger partial charge in [-0.05, 0) is 24.3 Å². The number of Topliss-reactive ketones (excluding diaryl/α,β-unsaturated/α-hetero) is 1. The van der Waals surface area contributed by atoms with E-state index in [0.29, 0.717) is 10.6 Å². The maximum Gasteiger partial charge on any atom is 0.261 e. The highest BCUT2D eigenvalue weighted by molar-refractivity contribution is 6.38. The molecule has 0 spiro atoms. The molecule has 1 unspecified atom stereocenters. The Morgan fingerprint density at radius 2 is 1.83 bits per heavy atom. The van der Waals surface area contributed by atoms with Crippen molar-refractivity contribution in [1.82, 2.24) is 0 Å². The van der Waals surface area contributed by atoms with Crippen molar-refractivity contribution in [3.8, 4) is 0 Å². The van der Waals surface area contributed by atoms with Gasteiger partial charge in [0, 0.05) is 21.2 Å². The third-order valence-corrected chi connectivity index (χ3v) is 4.56. The maximum absolute atomic E-state index is 12.4. The molecular weight excluding hydrogens is 361 g/mol. The smallest absolute Gasteiger partial charge is 0.261 e. The van der Waals surface area contributed by atoms with E-state index < -0.39 is 23.7 Å². The van der Waals surface area contributed by atoms with Crippen LogP contribution < -0.4 is 5.32 Å². The van der Waals surface area contributed by atoms with Crippen LogP contribution in [0.4, 0.5) is 5.69 Å². The summed E-state index contributed by atoms with van der Waals surface area (Å²) in [5.41, 5.74) is -1.43. The van der Waals surface area contributed by atoms with Crippen LogP contribution in [0.5, 0.6) is 0 Å². The number of amides is 1. The van der Waals surface area contributed by atoms with Crippen LogP contribution >= 0.6 is 34.8 Å². The zero-order valence-corrected chi connectivity index (χ0v) is 13.8. The van der Waals surface area contributed by atoms with Gasteiger partial charge in [0.1, 0.15) is 0 Å². The fourth-order valence-corrected chi connectivity index (χ4v) is 3.28. The highest BCUT2D eigenvalue weighted by Crippen LogP contribution is 2.46. The van der Waals surface area contributed by atoms with E-state index in [9.17, 15) is 14.7 Å². The number of carbonyl (C=O) groups excluding carboxylic acids is 2. The van der Waals surface area contributed by atoms with Crippen molar-refractivity contribution in [2.24, 2.45) is 0 Å². The van der Waals surface area contributed by atoms with E-state index in [-0.39, 0.29) is 21.3 Å². The second-order valence-corrected chi connectivity index (χ2v) is 6.45. The Labute approximate surface area is 147 Å². The van der Waals surface area contributed by atoms with Gasteiger partial charge < -0.3 is 10.4 Å². The molecule has 1 aliphatic rings. The molecule has 2 N–H and O–H groups in total. The Balaban J connectivity index is 2.02. The second-order valence-electron chi connectivity index (χ2n) is 5.20. The average molecular weight is 371 g/mol. The van der Waals surface area contributed by atoms with E-state index in [4.69, 9.17) is 34.8 Å². The predicted octanol–water partition coefficient (Wildman–Crippen LogP) is 4.06. The standard InChI is InChI=1S/C16H10Cl3NO3/c17-9-3-1-2-8(6-9)12(21)7-16(23)13-10(18)4-5-11(19)14(13)20-15(16)22/h1-6,23H,7H2,(H,20,22). The quantitative estimate of drug-likeness (QED) is 0.801. The first-order valence-electron chi connectivity index (χ1n) is 6.64. The van der Waals surface area contributed by atoms with Crippen molar-refractivity contribution >= 4 is 52.2 Å². The van der Waals surface area contributed by atoms with Crippen LogP contribution in [0.15, 0.2) is 36.4 Å². The lowest BCUT2D eigenvalue weighted by atomic mass is 9.88. The van der Waals surface area contributed by atoms with Crippen LogP contribution in [0, 0.1) is 0 Å². The molecule has 7 heteroatoms. The highest BCUT2D eigenvalue weighted by Gasteiger charge is 2.49. The summed E-state index contributed by atoms with van der Waals surface area (Å²) >= 11 is 18.0. The number of benzene rings is 2. The van der Waals surface area contributed by atoms with E-state index in [1.54, 1.807) is 18.2 Å². The largest absolute Gasteiger partial charge is 0.375 e. The van der Waals surface area contributed by atoms with Gasteiger partial charge in [-0.25, -0.2) is 0 Å². The van der Waals surface area contributed by atoms with Crippen molar-refractivity contribution < 1.29 is 14.7 Å². The molecule has 1 aliphatic heterocycles. The number of anilines is 1. The average Bonchev–Trinajstić information content (AvgIpc) is 2.76. The SMILES string of the molecule is O=C(CC1(O)C(=O)Nc2c(Cl)ccc(Cl)c21)c1cccc(Cl)c1. The monoisotopic (exact) mass is 369 g/mol. The van der Waals surface area contributed by atoms with E-state index in [0.717, 1.165) is 0 Å². The zero-order chi connectivity index (χ0) is 16.8. The second kappa shape index (κ2) is 5.80. The summed E-state index contributed by atoms with van der Waals surface area (Å²) in [6, 6.07) is 9.25. The Bertz CT molecular complexity index is 837. The number of hydrogen-bond acceptors (Lipinski definition) is 3. The minimum Gasteiger partial charge on any atom is -0.375 e. The number of fused-ring (bicyclic) bond motifs is 1. The van der Waals surface area contributed by atoms with E-state index >= 15 is 0 Å². The van der Waals surface area contributed by atoms with Crippen LogP contribution in [0.3, 0.4) is 0 Å². The van der Waals surface area contributed by atoms with Gasteiger partial charge in [-0.15, -0.1) is 0 Å². The minimum absolute atomic E-state index is 0.118. The van der Waals surface area contributed by atoms with Gasteiger partial charge in [-0.1, -0.05) is 46.9 Å². The number of carbonyl (C=O) groups is 2. The molecule has 0 aliphatic carbocycles. The van der Waals surface area contributed by atoms with Crippen molar-refractivity contribution in [2.45, 2.75) is 12.0 Å². The van der Waals surface area contributed by atoms with Crippen LogP contribution in [0.2, 0.25) is 15.1 Å². The van der Waals surface area contributed by atoms with Gasteiger partial charge in [0.05, 0.1) is 17.1 Å². The Morgan fingerprint density at radius 3 is 2.52 bits per heavy atom. The molecule has 2 aromatic carbocycles. The molecule has 118 valence electrons. The lowest BCUT2D eigenvalue weighted by Gasteiger charge is -2.21. The molecule has 3 rings (SSSR count). The zero-order valence-electron chi connectivity index (χ0n) is 11.6. The summed E-state index contributed by atoms with van der Waals surface area (Å²) < 4.78 is 0. The first-order valence-corrected chi connectivity index (χ1v) is 7.77. The molecule has 23 heavy (non-hydrogen) atoms. The maximum atomic E-state index is 12.4. The van der Waals surface area contributed by atoms with Crippen molar-refractivity contribution in [1.29, 1.82) is 0 Å². The minimum atomic E-state index is -2.07. The molecule has 0 saturated carbocycles. The number of aliphatic hydroxyl groups is 1. The van der Waals surface area contributed by atoms with Crippen LogP contribution in [-0.2, 0) is 10.4 Å². The molecule has 1 atom stereocenters. The van der Waals surface area contributed by atoms with Crippen molar-refractivity contribution in [3.05, 3.63) is 62.6 Å². The lowest BCUT2D eigenvalue weighted by Crippen LogP contribution is -2.36. The van der Waals surface area contributed by atoms with Gasteiger partial charge in [0.2, 0.25) is 0 Å². The van der Waals surface area contributed by atoms with Gasteiger partial charge >= 0.3 is 0 Å². The molecule has 0 saturated heterocycles. The Hall–Kier alpha value is -1.59. The summed E-state index contributed by atoms with van der Waals surface area (Å²) in [6.07, 6.45) is -0.466. The Morgan fingerprint density at radius 1 is 1.13 bits per heavy atom. The van der Waals surface area contributed by atoms with Crippen LogP contribution in [-0.4, -0.2) is 16.8 Å². The fraction of sp³-hybridized carbons (Fsp3) is 0.125. The Kier molecular flexibility index (Phi) is 4.10. The van der Waals surface area contributed by atoms with Gasteiger partial charge in [0.15, 0.2) is 11.4 Å². The normalized spacial score (nSPS) is 19.4. The molecule has 4 nitrogen and oxygen atoms in total. The molecule has 0 aromatic heterocycles. The summed E-state index contributed by atoms with van der Waals surface area (Å²) in [5, 5.41) is 14.1. The number of ketones is 1. The first kappa shape index (κ1) is 16.3. The van der Waals surface area contributed by atoms with Gasteiger partial charge in [0.25, 0.3) is 5.91 Å². The number of rotatable bonds is 3. The number of nitrogens with one attached hydrogen (secondary N) is 1. The van der Waals surface area contributed by atoms with Crippen molar-refractivity contribution in [3.63, 3.8) is 0 Å². The molecule has 1 amide bonds. The molecular formula is C16H10Cl3NO3. The van der Waals surface area contributed by atoms with E-state index in [2.05, 4.69) is 5.32 Å². The highest BCUT2D eigenvalue weighted by atomic mass is 35.5. The number of halogens is 3. The van der Waals surface area contributed by atoms with E-state index in [1.807, 2.05) is 0 Å². The summed E-state index contributed by atoms with van der Waals surface area (Å²) in [4.78, 5) is 24.7. The van der Waals surface area contributed by atoms with E-state index in [1.165, 1.54) is 18.2 Å². The third-order valence-electron chi connectivity index (χ3n) is 3.69.